The predicted molar refractivity (Wildman–Crippen MR) is 88.3 cm³/mol. The van der Waals surface area contributed by atoms with Crippen molar-refractivity contribution in [3.05, 3.63) is 23.9 Å². The van der Waals surface area contributed by atoms with Crippen molar-refractivity contribution in [3.8, 4) is 0 Å². The summed E-state index contributed by atoms with van der Waals surface area (Å²) in [6.07, 6.45) is 5.11. The van der Waals surface area contributed by atoms with Gasteiger partial charge in [0, 0.05) is 37.7 Å². The van der Waals surface area contributed by atoms with E-state index in [1.807, 2.05) is 13.8 Å². The number of hydrogen-bond donors (Lipinski definition) is 1. The summed E-state index contributed by atoms with van der Waals surface area (Å²) in [6.45, 7) is 9.73. The van der Waals surface area contributed by atoms with Crippen LogP contribution in [0.3, 0.4) is 0 Å². The van der Waals surface area contributed by atoms with Gasteiger partial charge < -0.3 is 5.32 Å². The van der Waals surface area contributed by atoms with Crippen LogP contribution < -0.4 is 5.32 Å². The van der Waals surface area contributed by atoms with Crippen molar-refractivity contribution in [2.24, 2.45) is 4.99 Å². The van der Waals surface area contributed by atoms with Gasteiger partial charge in [0.25, 0.3) is 5.92 Å². The molecule has 21 heavy (non-hydrogen) atoms. The van der Waals surface area contributed by atoms with Crippen LogP contribution >= 0.6 is 0 Å². The van der Waals surface area contributed by atoms with Crippen LogP contribution in [0.4, 0.5) is 8.78 Å². The van der Waals surface area contributed by atoms with Crippen LogP contribution in [0.1, 0.15) is 59.3 Å². The molecule has 122 valence electrons. The molecule has 0 aliphatic heterocycles. The van der Waals surface area contributed by atoms with Gasteiger partial charge in [0.05, 0.1) is 0 Å². The quantitative estimate of drug-likeness (QED) is 0.415. The molecule has 2 nitrogen and oxygen atoms in total. The molecule has 0 saturated carbocycles. The summed E-state index contributed by atoms with van der Waals surface area (Å²) in [7, 11) is 1.67. The first kappa shape index (κ1) is 19.8. The fourth-order valence-electron chi connectivity index (χ4n) is 2.38. The number of allylic oxidation sites excluding steroid dienone is 2. The Bertz CT molecular complexity index is 371. The van der Waals surface area contributed by atoms with Gasteiger partial charge in [0.1, 0.15) is 0 Å². The molecule has 0 unspecified atom stereocenters. The highest BCUT2D eigenvalue weighted by atomic mass is 19.3. The lowest BCUT2D eigenvalue weighted by Crippen LogP contribution is -2.23. The van der Waals surface area contributed by atoms with Crippen molar-refractivity contribution in [2.75, 3.05) is 13.6 Å². The summed E-state index contributed by atoms with van der Waals surface area (Å²) in [4.78, 5) is 4.21. The van der Waals surface area contributed by atoms with Crippen molar-refractivity contribution < 1.29 is 8.78 Å². The largest absolute Gasteiger partial charge is 0.391 e. The Kier molecular flexibility index (Phi) is 9.93. The molecule has 0 aromatic rings. The van der Waals surface area contributed by atoms with E-state index in [9.17, 15) is 8.78 Å². The highest BCUT2D eigenvalue weighted by molar-refractivity contribution is 6.01. The van der Waals surface area contributed by atoms with Gasteiger partial charge in [0.2, 0.25) is 0 Å². The minimum absolute atomic E-state index is 0.0714. The third-order valence-corrected chi connectivity index (χ3v) is 3.72. The second-order valence-corrected chi connectivity index (χ2v) is 5.20. The van der Waals surface area contributed by atoms with Gasteiger partial charge in [0.15, 0.2) is 0 Å². The normalized spacial score (nSPS) is 13.9. The molecule has 0 atom stereocenters. The summed E-state index contributed by atoms with van der Waals surface area (Å²) >= 11 is 0. The molecule has 0 saturated heterocycles. The standard InChI is InChI=1S/C17H30F2N2/c1-6-9-10-12-17(18,19)14(4)15(7-2)16(20-5)11-13-21-8-3/h8,21H,3,6-7,9-13H2,1-2,4-5H3/b15-14+,20-16?. The van der Waals surface area contributed by atoms with Crippen LogP contribution in [0.15, 0.2) is 28.9 Å². The lowest BCUT2D eigenvalue weighted by Gasteiger charge is -2.22. The molecule has 0 radical (unpaired) electrons. The smallest absolute Gasteiger partial charge is 0.269 e. The van der Waals surface area contributed by atoms with Gasteiger partial charge in [-0.1, -0.05) is 33.3 Å². The number of nitrogens with one attached hydrogen (secondary N) is 1. The Labute approximate surface area is 128 Å². The monoisotopic (exact) mass is 300 g/mol. The van der Waals surface area contributed by atoms with Crippen LogP contribution in [0, 0.1) is 0 Å². The number of alkyl halides is 2. The van der Waals surface area contributed by atoms with E-state index >= 15 is 0 Å². The third kappa shape index (κ3) is 6.87. The van der Waals surface area contributed by atoms with E-state index < -0.39 is 5.92 Å². The van der Waals surface area contributed by atoms with E-state index in [1.54, 1.807) is 20.2 Å². The SMILES string of the molecule is C=CNCCC(=NC)/C(CC)=C(\C)C(F)(F)CCCCC. The first-order valence-corrected chi connectivity index (χ1v) is 7.82. The van der Waals surface area contributed by atoms with Gasteiger partial charge in [-0.3, -0.25) is 4.99 Å². The number of nitrogens with zero attached hydrogens (tertiary/aromatic N) is 1. The van der Waals surface area contributed by atoms with Gasteiger partial charge in [-0.2, -0.15) is 0 Å². The molecule has 0 spiro atoms. The second-order valence-electron chi connectivity index (χ2n) is 5.20. The molecule has 0 rings (SSSR count). The van der Waals surface area contributed by atoms with Gasteiger partial charge in [-0.25, -0.2) is 8.78 Å². The minimum Gasteiger partial charge on any atom is -0.391 e. The Morgan fingerprint density at radius 2 is 1.95 bits per heavy atom. The highest BCUT2D eigenvalue weighted by Gasteiger charge is 2.33. The molecule has 0 heterocycles. The minimum atomic E-state index is -2.73. The van der Waals surface area contributed by atoms with Crippen LogP contribution in [0.5, 0.6) is 0 Å². The summed E-state index contributed by atoms with van der Waals surface area (Å²) in [6, 6.07) is 0. The molecule has 4 heteroatoms. The molecule has 0 aliphatic rings. The number of aliphatic imine (C=N–C) groups is 1. The first-order valence-electron chi connectivity index (χ1n) is 7.82. The maximum atomic E-state index is 14.3. The zero-order valence-electron chi connectivity index (χ0n) is 13.9. The van der Waals surface area contributed by atoms with Crippen molar-refractivity contribution in [1.29, 1.82) is 0 Å². The molecule has 0 bridgehead atoms. The number of unbranched alkanes of at least 4 members (excludes halogenated alkanes) is 2. The van der Waals surface area contributed by atoms with Gasteiger partial charge in [-0.15, -0.1) is 0 Å². The Morgan fingerprint density at radius 1 is 1.29 bits per heavy atom. The fraction of sp³-hybridized carbons (Fsp3) is 0.706. The zero-order chi connectivity index (χ0) is 16.3. The Balaban J connectivity index is 5.09. The van der Waals surface area contributed by atoms with Crippen LogP contribution in [0.25, 0.3) is 0 Å². The average Bonchev–Trinajstić information content (AvgIpc) is 2.46. The summed E-state index contributed by atoms with van der Waals surface area (Å²) < 4.78 is 28.6. The van der Waals surface area contributed by atoms with Gasteiger partial charge in [-0.05, 0) is 31.5 Å². The van der Waals surface area contributed by atoms with Crippen molar-refractivity contribution in [1.82, 2.24) is 5.32 Å². The van der Waals surface area contributed by atoms with E-state index in [0.717, 1.165) is 18.6 Å². The predicted octanol–water partition coefficient (Wildman–Crippen LogP) is 5.12. The summed E-state index contributed by atoms with van der Waals surface area (Å²) in [5.41, 5.74) is 1.64. The first-order chi connectivity index (χ1) is 9.94. The molecule has 0 aliphatic carbocycles. The summed E-state index contributed by atoms with van der Waals surface area (Å²) in [5.74, 6) is -2.73. The molecule has 1 N–H and O–H groups in total. The highest BCUT2D eigenvalue weighted by Crippen LogP contribution is 2.33. The van der Waals surface area contributed by atoms with E-state index in [2.05, 4.69) is 16.9 Å². The van der Waals surface area contributed by atoms with Gasteiger partial charge >= 0.3 is 0 Å². The van der Waals surface area contributed by atoms with Crippen molar-refractivity contribution in [2.45, 2.75) is 65.2 Å². The molecule has 0 amide bonds. The Hall–Kier alpha value is -1.19. The molecule has 0 aromatic heterocycles. The van der Waals surface area contributed by atoms with Crippen LogP contribution in [-0.2, 0) is 0 Å². The second kappa shape index (κ2) is 10.5. The maximum absolute atomic E-state index is 14.3. The van der Waals surface area contributed by atoms with E-state index in [1.165, 1.54) is 0 Å². The number of hydrogen-bond acceptors (Lipinski definition) is 2. The van der Waals surface area contributed by atoms with E-state index in [-0.39, 0.29) is 12.0 Å². The van der Waals surface area contributed by atoms with Crippen LogP contribution in [0.2, 0.25) is 0 Å². The molecule has 0 aromatic carbocycles. The summed E-state index contributed by atoms with van der Waals surface area (Å²) in [5, 5.41) is 2.98. The third-order valence-electron chi connectivity index (χ3n) is 3.72. The lowest BCUT2D eigenvalue weighted by atomic mass is 9.93. The van der Waals surface area contributed by atoms with Crippen molar-refractivity contribution >= 4 is 5.71 Å². The van der Waals surface area contributed by atoms with E-state index in [4.69, 9.17) is 0 Å². The molecule has 0 fully saturated rings. The molecular weight excluding hydrogens is 270 g/mol. The van der Waals surface area contributed by atoms with E-state index in [0.29, 0.717) is 31.4 Å². The van der Waals surface area contributed by atoms with Crippen molar-refractivity contribution in [3.63, 3.8) is 0 Å². The fourth-order valence-corrected chi connectivity index (χ4v) is 2.38. The lowest BCUT2D eigenvalue weighted by molar-refractivity contribution is 0.0289. The average molecular weight is 300 g/mol. The molecular formula is C17H30F2N2. The zero-order valence-corrected chi connectivity index (χ0v) is 13.9. The Morgan fingerprint density at radius 3 is 2.43 bits per heavy atom. The number of rotatable bonds is 11. The number of halogens is 2. The topological polar surface area (TPSA) is 24.4 Å². The van der Waals surface area contributed by atoms with Crippen LogP contribution in [-0.4, -0.2) is 25.2 Å². The maximum Gasteiger partial charge on any atom is 0.269 e.